The van der Waals surface area contributed by atoms with E-state index in [-0.39, 0.29) is 0 Å². The van der Waals surface area contributed by atoms with Crippen molar-refractivity contribution in [3.8, 4) is 113 Å². The van der Waals surface area contributed by atoms with Crippen molar-refractivity contribution < 1.29 is 0 Å². The van der Waals surface area contributed by atoms with Crippen molar-refractivity contribution in [1.29, 1.82) is 0 Å². The summed E-state index contributed by atoms with van der Waals surface area (Å²) in [5.74, 6) is 3.57. The van der Waals surface area contributed by atoms with Gasteiger partial charge in [-0.2, -0.15) is 0 Å². The third kappa shape index (κ3) is 8.54. The maximum atomic E-state index is 5.17. The van der Waals surface area contributed by atoms with Gasteiger partial charge in [0.1, 0.15) is 0 Å². The van der Waals surface area contributed by atoms with E-state index < -0.39 is 0 Å². The molecule has 6 heteroatoms. The van der Waals surface area contributed by atoms with Gasteiger partial charge in [0.25, 0.3) is 0 Å². The summed E-state index contributed by atoms with van der Waals surface area (Å²) in [7, 11) is 0. The highest BCUT2D eigenvalue weighted by Crippen LogP contribution is 2.34. The lowest BCUT2D eigenvalue weighted by molar-refractivity contribution is 1.07. The van der Waals surface area contributed by atoms with Gasteiger partial charge in [-0.05, 0) is 74.8 Å². The number of aromatic nitrogens is 6. The minimum Gasteiger partial charge on any atom is -0.208 e. The van der Waals surface area contributed by atoms with E-state index in [2.05, 4.69) is 194 Å². The highest BCUT2D eigenvalue weighted by Gasteiger charge is 2.17. The van der Waals surface area contributed by atoms with Gasteiger partial charge >= 0.3 is 0 Å². The lowest BCUT2D eigenvalue weighted by Crippen LogP contribution is -2.01. The Morgan fingerprint density at radius 3 is 0.545 bits per heavy atom. The van der Waals surface area contributed by atoms with Crippen LogP contribution in [0.15, 0.2) is 243 Å². The predicted octanol–water partition coefficient (Wildman–Crippen LogP) is 14.7. The molecule has 0 aliphatic carbocycles. The van der Waals surface area contributed by atoms with Crippen LogP contribution in [0.3, 0.4) is 0 Å². The molecule has 0 saturated heterocycles. The number of nitrogens with zero attached hydrogens (tertiary/aromatic N) is 6. The minimum atomic E-state index is 0.579. The predicted molar refractivity (Wildman–Crippen MR) is 268 cm³/mol. The molecule has 0 N–H and O–H groups in total. The van der Waals surface area contributed by atoms with Crippen LogP contribution in [0, 0.1) is 0 Å². The van der Waals surface area contributed by atoms with Crippen molar-refractivity contribution in [1.82, 2.24) is 29.9 Å². The molecule has 9 aromatic carbocycles. The van der Waals surface area contributed by atoms with Crippen LogP contribution >= 0.6 is 0 Å². The Hall–Kier alpha value is -9.00. The van der Waals surface area contributed by atoms with Crippen LogP contribution in [-0.4, -0.2) is 29.9 Å². The van der Waals surface area contributed by atoms with E-state index in [1.807, 2.05) is 48.5 Å². The van der Waals surface area contributed by atoms with Crippen molar-refractivity contribution in [3.63, 3.8) is 0 Å². The summed E-state index contributed by atoms with van der Waals surface area (Å²) in [6.07, 6.45) is 0. The van der Waals surface area contributed by atoms with Gasteiger partial charge in [0.2, 0.25) is 0 Å². The van der Waals surface area contributed by atoms with E-state index in [4.69, 9.17) is 29.9 Å². The fraction of sp³-hybridized carbons (Fsp3) is 0. The molecule has 0 amide bonds. The summed E-state index contributed by atoms with van der Waals surface area (Å²) in [6.45, 7) is 0. The highest BCUT2D eigenvalue weighted by molar-refractivity contribution is 5.79. The highest BCUT2D eigenvalue weighted by atomic mass is 15.0. The van der Waals surface area contributed by atoms with Gasteiger partial charge in [0.15, 0.2) is 34.9 Å². The zero-order chi connectivity index (χ0) is 44.1. The number of hydrogen-bond acceptors (Lipinski definition) is 6. The largest absolute Gasteiger partial charge is 0.208 e. The molecular formula is C60H40N6. The van der Waals surface area contributed by atoms with Crippen LogP contribution in [0.5, 0.6) is 0 Å². The van der Waals surface area contributed by atoms with Gasteiger partial charge in [-0.15, -0.1) is 0 Å². The first kappa shape index (κ1) is 39.8. The average molecular weight is 845 g/mol. The summed E-state index contributed by atoms with van der Waals surface area (Å²) in [4.78, 5) is 30.7. The smallest absolute Gasteiger partial charge is 0.164 e. The fourth-order valence-corrected chi connectivity index (χ4v) is 8.19. The van der Waals surface area contributed by atoms with Gasteiger partial charge in [-0.1, -0.05) is 212 Å². The third-order valence-electron chi connectivity index (χ3n) is 11.6. The first-order chi connectivity index (χ1) is 32.7. The molecule has 11 rings (SSSR count). The molecule has 0 spiro atoms. The Balaban J connectivity index is 0.995. The van der Waals surface area contributed by atoms with E-state index in [0.717, 1.165) is 77.9 Å². The molecule has 0 radical (unpaired) electrons. The van der Waals surface area contributed by atoms with Crippen molar-refractivity contribution in [2.24, 2.45) is 0 Å². The monoisotopic (exact) mass is 844 g/mol. The summed E-state index contributed by atoms with van der Waals surface area (Å²) < 4.78 is 0. The minimum absolute atomic E-state index is 0.579. The Morgan fingerprint density at radius 1 is 0.136 bits per heavy atom. The Labute approximate surface area is 383 Å². The maximum absolute atomic E-state index is 5.17. The summed E-state index contributed by atoms with van der Waals surface area (Å²) in [6, 6.07) is 83.1. The second-order valence-electron chi connectivity index (χ2n) is 16.0. The van der Waals surface area contributed by atoms with Crippen LogP contribution in [0.4, 0.5) is 0 Å². The first-order valence-electron chi connectivity index (χ1n) is 21.9. The fourth-order valence-electron chi connectivity index (χ4n) is 8.19. The van der Waals surface area contributed by atoms with Crippen molar-refractivity contribution in [2.75, 3.05) is 0 Å². The van der Waals surface area contributed by atoms with Gasteiger partial charge in [-0.25, -0.2) is 29.9 Å². The van der Waals surface area contributed by atoms with Gasteiger partial charge < -0.3 is 0 Å². The quantitative estimate of drug-likeness (QED) is 0.136. The van der Waals surface area contributed by atoms with E-state index in [0.29, 0.717) is 34.9 Å². The van der Waals surface area contributed by atoms with E-state index in [9.17, 15) is 0 Å². The van der Waals surface area contributed by atoms with Crippen LogP contribution in [-0.2, 0) is 0 Å². The van der Waals surface area contributed by atoms with Gasteiger partial charge in [0, 0.05) is 33.4 Å². The molecule has 0 aliphatic rings. The normalized spacial score (nSPS) is 11.0. The molecular weight excluding hydrogens is 805 g/mol. The standard InChI is InChI=1S/C60H40N6/c1-5-18-41(19-6-1)45-26-13-31-50(36-45)56-61-55(44-24-11-4-12-25-44)62-57(63-56)53-34-16-29-48(39-53)49-30-17-35-54(40-49)60-65-58(51-32-14-27-46(37-51)42-20-7-2-8-21-42)64-59(66-60)52-33-15-28-47(38-52)43-22-9-3-10-23-43/h1-40H. The van der Waals surface area contributed by atoms with Gasteiger partial charge in [0.05, 0.1) is 0 Å². The molecule has 0 atom stereocenters. The molecule has 0 fully saturated rings. The zero-order valence-corrected chi connectivity index (χ0v) is 35.8. The molecule has 6 nitrogen and oxygen atoms in total. The van der Waals surface area contributed by atoms with Crippen molar-refractivity contribution >= 4 is 0 Å². The summed E-state index contributed by atoms with van der Waals surface area (Å²) in [5.41, 5.74) is 14.0. The summed E-state index contributed by atoms with van der Waals surface area (Å²) in [5, 5.41) is 0. The van der Waals surface area contributed by atoms with E-state index in [1.165, 1.54) is 0 Å². The molecule has 11 aromatic rings. The first-order valence-corrected chi connectivity index (χ1v) is 21.9. The number of rotatable bonds is 10. The van der Waals surface area contributed by atoms with Crippen LogP contribution in [0.2, 0.25) is 0 Å². The Morgan fingerprint density at radius 2 is 0.303 bits per heavy atom. The van der Waals surface area contributed by atoms with E-state index >= 15 is 0 Å². The maximum Gasteiger partial charge on any atom is 0.164 e. The molecule has 0 bridgehead atoms. The Bertz CT molecular complexity index is 3370. The van der Waals surface area contributed by atoms with Crippen LogP contribution in [0.1, 0.15) is 0 Å². The van der Waals surface area contributed by atoms with Crippen LogP contribution < -0.4 is 0 Å². The number of benzene rings is 9. The van der Waals surface area contributed by atoms with Crippen LogP contribution in [0.25, 0.3) is 113 Å². The molecule has 310 valence electrons. The molecule has 2 heterocycles. The molecule has 0 unspecified atom stereocenters. The lowest BCUT2D eigenvalue weighted by atomic mass is 10.00. The zero-order valence-electron chi connectivity index (χ0n) is 35.8. The van der Waals surface area contributed by atoms with Crippen molar-refractivity contribution in [3.05, 3.63) is 243 Å². The van der Waals surface area contributed by atoms with E-state index in [1.54, 1.807) is 0 Å². The third-order valence-corrected chi connectivity index (χ3v) is 11.6. The molecule has 66 heavy (non-hydrogen) atoms. The second kappa shape index (κ2) is 18.0. The van der Waals surface area contributed by atoms with Gasteiger partial charge in [-0.3, -0.25) is 0 Å². The second-order valence-corrected chi connectivity index (χ2v) is 16.0. The molecule has 0 aliphatic heterocycles. The SMILES string of the molecule is c1ccc(-c2cccc(-c3nc(-c4ccccc4)nc(-c4cccc(-c5cccc(-c6nc(-c7cccc(-c8ccccc8)c7)nc(-c7cccc(-c8ccccc8)c7)n6)c5)c4)n3)c2)cc1. The van der Waals surface area contributed by atoms with Crippen molar-refractivity contribution in [2.45, 2.75) is 0 Å². The Kier molecular flexibility index (Phi) is 10.9. The average Bonchev–Trinajstić information content (AvgIpc) is 3.42. The summed E-state index contributed by atoms with van der Waals surface area (Å²) >= 11 is 0. The lowest BCUT2D eigenvalue weighted by Gasteiger charge is -2.12. The number of hydrogen-bond donors (Lipinski definition) is 0. The topological polar surface area (TPSA) is 77.3 Å². The molecule has 2 aromatic heterocycles. The molecule has 0 saturated carbocycles.